The molecule has 16 heavy (non-hydrogen) atoms. The summed E-state index contributed by atoms with van der Waals surface area (Å²) >= 11 is 0. The van der Waals surface area contributed by atoms with Gasteiger partial charge in [-0.05, 0) is 12.5 Å². The zero-order chi connectivity index (χ0) is 12.0. The van der Waals surface area contributed by atoms with Crippen molar-refractivity contribution in [2.24, 2.45) is 5.73 Å². The van der Waals surface area contributed by atoms with Crippen LogP contribution in [0.15, 0.2) is 30.3 Å². The molecule has 0 saturated heterocycles. The average molecular weight is 239 g/mol. The standard InChI is InChI=1S/C12H17NO2S/c1-11-4-6-12(7-5-11)3-2-9-16(14,15)10-8-13/h2-7H,8-10,13H2,1H3. The second-order valence-electron chi connectivity index (χ2n) is 3.72. The van der Waals surface area contributed by atoms with Gasteiger partial charge in [-0.25, -0.2) is 8.42 Å². The van der Waals surface area contributed by atoms with Crippen LogP contribution in [0.25, 0.3) is 6.08 Å². The number of hydrogen-bond acceptors (Lipinski definition) is 3. The molecule has 1 aromatic rings. The number of benzene rings is 1. The fourth-order valence-corrected chi connectivity index (χ4v) is 2.19. The molecule has 0 spiro atoms. The lowest BCUT2D eigenvalue weighted by molar-refractivity contribution is 0.599. The van der Waals surface area contributed by atoms with Gasteiger partial charge in [-0.2, -0.15) is 0 Å². The SMILES string of the molecule is Cc1ccc(C=CCS(=O)(=O)CCN)cc1. The summed E-state index contributed by atoms with van der Waals surface area (Å²) in [6, 6.07) is 7.91. The third-order valence-electron chi connectivity index (χ3n) is 2.17. The van der Waals surface area contributed by atoms with Crippen LogP contribution in [0, 0.1) is 6.92 Å². The monoisotopic (exact) mass is 239 g/mol. The van der Waals surface area contributed by atoms with Gasteiger partial charge in [-0.15, -0.1) is 0 Å². The maximum Gasteiger partial charge on any atom is 0.155 e. The van der Waals surface area contributed by atoms with Gasteiger partial charge in [0.1, 0.15) is 0 Å². The van der Waals surface area contributed by atoms with Crippen molar-refractivity contribution in [1.29, 1.82) is 0 Å². The van der Waals surface area contributed by atoms with E-state index in [2.05, 4.69) is 0 Å². The van der Waals surface area contributed by atoms with E-state index in [1.165, 1.54) is 5.56 Å². The van der Waals surface area contributed by atoms with Crippen molar-refractivity contribution >= 4 is 15.9 Å². The van der Waals surface area contributed by atoms with E-state index >= 15 is 0 Å². The molecule has 1 aromatic carbocycles. The van der Waals surface area contributed by atoms with Crippen molar-refractivity contribution in [2.75, 3.05) is 18.1 Å². The molecule has 3 nitrogen and oxygen atoms in total. The summed E-state index contributed by atoms with van der Waals surface area (Å²) in [5.74, 6) is 0.101. The normalized spacial score (nSPS) is 12.1. The topological polar surface area (TPSA) is 60.2 Å². The summed E-state index contributed by atoms with van der Waals surface area (Å²) in [6.07, 6.45) is 3.48. The first-order chi connectivity index (χ1) is 7.53. The van der Waals surface area contributed by atoms with Gasteiger partial charge >= 0.3 is 0 Å². The van der Waals surface area contributed by atoms with E-state index in [9.17, 15) is 8.42 Å². The minimum absolute atomic E-state index is 0.0469. The summed E-state index contributed by atoms with van der Waals surface area (Å²) in [5.41, 5.74) is 7.41. The molecule has 0 aromatic heterocycles. The highest BCUT2D eigenvalue weighted by Crippen LogP contribution is 2.05. The molecule has 0 bridgehead atoms. The zero-order valence-corrected chi connectivity index (χ0v) is 10.2. The van der Waals surface area contributed by atoms with Crippen molar-refractivity contribution in [3.8, 4) is 0 Å². The highest BCUT2D eigenvalue weighted by molar-refractivity contribution is 7.91. The quantitative estimate of drug-likeness (QED) is 0.844. The van der Waals surface area contributed by atoms with E-state index in [0.29, 0.717) is 0 Å². The fraction of sp³-hybridized carbons (Fsp3) is 0.333. The maximum atomic E-state index is 11.3. The van der Waals surface area contributed by atoms with Crippen LogP contribution in [0.5, 0.6) is 0 Å². The van der Waals surface area contributed by atoms with Crippen molar-refractivity contribution in [3.63, 3.8) is 0 Å². The number of nitrogens with two attached hydrogens (primary N) is 1. The van der Waals surface area contributed by atoms with Crippen LogP contribution >= 0.6 is 0 Å². The molecule has 1 rings (SSSR count). The van der Waals surface area contributed by atoms with E-state index < -0.39 is 9.84 Å². The van der Waals surface area contributed by atoms with E-state index in [-0.39, 0.29) is 18.1 Å². The van der Waals surface area contributed by atoms with Crippen molar-refractivity contribution in [3.05, 3.63) is 41.5 Å². The lowest BCUT2D eigenvalue weighted by Crippen LogP contribution is -2.17. The van der Waals surface area contributed by atoms with Gasteiger partial charge in [0, 0.05) is 6.54 Å². The second-order valence-corrected chi connectivity index (χ2v) is 5.94. The molecular weight excluding hydrogens is 222 g/mol. The molecule has 0 saturated carbocycles. The summed E-state index contributed by atoms with van der Waals surface area (Å²) in [5, 5.41) is 0. The molecule has 0 radical (unpaired) electrons. The highest BCUT2D eigenvalue weighted by atomic mass is 32.2. The Balaban J connectivity index is 2.58. The Kier molecular flexibility index (Phi) is 4.71. The first kappa shape index (κ1) is 12.9. The Morgan fingerprint density at radius 2 is 1.88 bits per heavy atom. The predicted molar refractivity (Wildman–Crippen MR) is 67.9 cm³/mol. The summed E-state index contributed by atoms with van der Waals surface area (Å²) in [7, 11) is -3.02. The summed E-state index contributed by atoms with van der Waals surface area (Å²) in [4.78, 5) is 0. The molecular formula is C12H17NO2S. The van der Waals surface area contributed by atoms with Crippen LogP contribution in [-0.4, -0.2) is 26.5 Å². The van der Waals surface area contributed by atoms with Crippen LogP contribution < -0.4 is 5.73 Å². The largest absolute Gasteiger partial charge is 0.329 e. The van der Waals surface area contributed by atoms with E-state index in [4.69, 9.17) is 5.73 Å². The summed E-state index contributed by atoms with van der Waals surface area (Å²) in [6.45, 7) is 2.19. The molecule has 0 aliphatic heterocycles. The number of sulfone groups is 1. The van der Waals surface area contributed by atoms with E-state index in [1.54, 1.807) is 6.08 Å². The molecule has 0 unspecified atom stereocenters. The molecule has 0 heterocycles. The smallest absolute Gasteiger partial charge is 0.155 e. The molecule has 0 aliphatic carbocycles. The Morgan fingerprint density at radius 3 is 2.44 bits per heavy atom. The van der Waals surface area contributed by atoms with Crippen molar-refractivity contribution < 1.29 is 8.42 Å². The van der Waals surface area contributed by atoms with Crippen LogP contribution in [0.1, 0.15) is 11.1 Å². The third kappa shape index (κ3) is 4.59. The Hall–Kier alpha value is -1.13. The summed E-state index contributed by atoms with van der Waals surface area (Å²) < 4.78 is 22.7. The van der Waals surface area contributed by atoms with Gasteiger partial charge in [-0.1, -0.05) is 42.0 Å². The first-order valence-electron chi connectivity index (χ1n) is 5.17. The molecule has 4 heteroatoms. The van der Waals surface area contributed by atoms with Gasteiger partial charge in [0.15, 0.2) is 9.84 Å². The molecule has 0 atom stereocenters. The Labute approximate surface area is 96.9 Å². The van der Waals surface area contributed by atoms with E-state index in [1.807, 2.05) is 37.3 Å². The predicted octanol–water partition coefficient (Wildman–Crippen LogP) is 1.38. The Bertz CT molecular complexity index is 446. The van der Waals surface area contributed by atoms with E-state index in [0.717, 1.165) is 5.56 Å². The molecule has 0 fully saturated rings. The lowest BCUT2D eigenvalue weighted by atomic mass is 10.1. The highest BCUT2D eigenvalue weighted by Gasteiger charge is 2.05. The first-order valence-corrected chi connectivity index (χ1v) is 6.99. The zero-order valence-electron chi connectivity index (χ0n) is 9.39. The second kappa shape index (κ2) is 5.82. The molecule has 88 valence electrons. The van der Waals surface area contributed by atoms with Crippen LogP contribution in [0.2, 0.25) is 0 Å². The van der Waals surface area contributed by atoms with Gasteiger partial charge in [0.05, 0.1) is 11.5 Å². The maximum absolute atomic E-state index is 11.3. The number of aryl methyl sites for hydroxylation is 1. The van der Waals surface area contributed by atoms with Crippen LogP contribution in [-0.2, 0) is 9.84 Å². The Morgan fingerprint density at radius 1 is 1.25 bits per heavy atom. The van der Waals surface area contributed by atoms with Gasteiger partial charge < -0.3 is 5.73 Å². The molecule has 0 amide bonds. The minimum atomic E-state index is -3.02. The van der Waals surface area contributed by atoms with Crippen molar-refractivity contribution in [1.82, 2.24) is 0 Å². The number of rotatable bonds is 5. The third-order valence-corrected chi connectivity index (χ3v) is 3.72. The van der Waals surface area contributed by atoms with Crippen LogP contribution in [0.3, 0.4) is 0 Å². The molecule has 0 aliphatic rings. The fourth-order valence-electron chi connectivity index (χ4n) is 1.27. The average Bonchev–Trinajstić information content (AvgIpc) is 2.20. The van der Waals surface area contributed by atoms with Gasteiger partial charge in [0.2, 0.25) is 0 Å². The minimum Gasteiger partial charge on any atom is -0.329 e. The van der Waals surface area contributed by atoms with Gasteiger partial charge in [-0.3, -0.25) is 0 Å². The van der Waals surface area contributed by atoms with Crippen LogP contribution in [0.4, 0.5) is 0 Å². The number of hydrogen-bond donors (Lipinski definition) is 1. The lowest BCUT2D eigenvalue weighted by Gasteiger charge is -1.98. The van der Waals surface area contributed by atoms with Gasteiger partial charge in [0.25, 0.3) is 0 Å². The molecule has 2 N–H and O–H groups in total. The van der Waals surface area contributed by atoms with Crippen molar-refractivity contribution in [2.45, 2.75) is 6.92 Å².